The predicted molar refractivity (Wildman–Crippen MR) is 48.0 cm³/mol. The SMILES string of the molecule is c1cncc(CSc2nnn[nH]2)c1. The summed E-state index contributed by atoms with van der Waals surface area (Å²) >= 11 is 1.55. The van der Waals surface area contributed by atoms with E-state index < -0.39 is 0 Å². The molecule has 2 aromatic heterocycles. The molecular formula is C7H7N5S. The molecule has 0 fully saturated rings. The Kier molecular flexibility index (Phi) is 2.51. The van der Waals surface area contributed by atoms with Crippen molar-refractivity contribution >= 4 is 11.8 Å². The predicted octanol–water partition coefficient (Wildman–Crippen LogP) is 0.887. The third kappa shape index (κ3) is 2.25. The fourth-order valence-corrected chi connectivity index (χ4v) is 1.52. The van der Waals surface area contributed by atoms with E-state index in [0.717, 1.165) is 16.5 Å². The minimum absolute atomic E-state index is 0.726. The Hall–Kier alpha value is -1.43. The molecule has 0 atom stereocenters. The quantitative estimate of drug-likeness (QED) is 0.733. The molecule has 0 amide bonds. The highest BCUT2D eigenvalue weighted by Crippen LogP contribution is 2.16. The Morgan fingerprint density at radius 1 is 1.46 bits per heavy atom. The second-order valence-electron chi connectivity index (χ2n) is 2.36. The van der Waals surface area contributed by atoms with E-state index in [2.05, 4.69) is 25.6 Å². The van der Waals surface area contributed by atoms with Crippen LogP contribution in [-0.2, 0) is 5.75 Å². The molecule has 0 radical (unpaired) electrons. The molecule has 1 N–H and O–H groups in total. The van der Waals surface area contributed by atoms with E-state index in [1.165, 1.54) is 0 Å². The number of H-pyrrole nitrogens is 1. The van der Waals surface area contributed by atoms with Crippen LogP contribution in [0.4, 0.5) is 0 Å². The fourth-order valence-electron chi connectivity index (χ4n) is 0.847. The van der Waals surface area contributed by atoms with E-state index in [1.54, 1.807) is 18.0 Å². The van der Waals surface area contributed by atoms with Crippen LogP contribution in [0.25, 0.3) is 0 Å². The Morgan fingerprint density at radius 3 is 3.15 bits per heavy atom. The smallest absolute Gasteiger partial charge is 0.207 e. The van der Waals surface area contributed by atoms with Crippen LogP contribution in [-0.4, -0.2) is 25.6 Å². The topological polar surface area (TPSA) is 67.3 Å². The first kappa shape index (κ1) is 8.18. The van der Waals surface area contributed by atoms with Gasteiger partial charge in [-0.2, -0.15) is 0 Å². The maximum atomic E-state index is 4.01. The number of aromatic nitrogens is 5. The molecule has 0 bridgehead atoms. The monoisotopic (exact) mass is 193 g/mol. The second-order valence-corrected chi connectivity index (χ2v) is 3.32. The van der Waals surface area contributed by atoms with Crippen molar-refractivity contribution in [3.05, 3.63) is 30.1 Å². The van der Waals surface area contributed by atoms with Crippen molar-refractivity contribution in [1.82, 2.24) is 25.6 Å². The lowest BCUT2D eigenvalue weighted by molar-refractivity contribution is 0.881. The number of rotatable bonds is 3. The summed E-state index contributed by atoms with van der Waals surface area (Å²) in [7, 11) is 0. The summed E-state index contributed by atoms with van der Waals surface area (Å²) in [5.41, 5.74) is 1.16. The molecule has 2 aromatic rings. The van der Waals surface area contributed by atoms with E-state index >= 15 is 0 Å². The van der Waals surface area contributed by atoms with Crippen LogP contribution in [0.2, 0.25) is 0 Å². The lowest BCUT2D eigenvalue weighted by Crippen LogP contribution is -1.82. The van der Waals surface area contributed by atoms with Crippen molar-refractivity contribution in [2.75, 3.05) is 0 Å². The zero-order valence-electron chi connectivity index (χ0n) is 6.71. The van der Waals surface area contributed by atoms with Gasteiger partial charge in [0.05, 0.1) is 0 Å². The lowest BCUT2D eigenvalue weighted by atomic mass is 10.3. The number of aromatic amines is 1. The first-order valence-electron chi connectivity index (χ1n) is 3.70. The summed E-state index contributed by atoms with van der Waals surface area (Å²) in [4.78, 5) is 4.01. The Balaban J connectivity index is 1.94. The minimum Gasteiger partial charge on any atom is -0.264 e. The van der Waals surface area contributed by atoms with Crippen LogP contribution in [0, 0.1) is 0 Å². The highest BCUT2D eigenvalue weighted by Gasteiger charge is 1.98. The van der Waals surface area contributed by atoms with Gasteiger partial charge >= 0.3 is 0 Å². The van der Waals surface area contributed by atoms with Crippen LogP contribution < -0.4 is 0 Å². The third-order valence-electron chi connectivity index (χ3n) is 1.42. The van der Waals surface area contributed by atoms with Crippen LogP contribution in [0.5, 0.6) is 0 Å². The number of pyridine rings is 1. The van der Waals surface area contributed by atoms with Crippen LogP contribution in [0.3, 0.4) is 0 Å². The number of thioether (sulfide) groups is 1. The highest BCUT2D eigenvalue weighted by molar-refractivity contribution is 7.98. The van der Waals surface area contributed by atoms with Gasteiger partial charge in [0.25, 0.3) is 0 Å². The number of hydrogen-bond donors (Lipinski definition) is 1. The molecule has 0 unspecified atom stereocenters. The Bertz CT molecular complexity index is 346. The van der Waals surface area contributed by atoms with Gasteiger partial charge in [-0.15, -0.1) is 5.10 Å². The molecule has 0 spiro atoms. The van der Waals surface area contributed by atoms with Crippen molar-refractivity contribution in [3.63, 3.8) is 0 Å². The molecule has 0 aromatic carbocycles. The molecule has 13 heavy (non-hydrogen) atoms. The standard InChI is InChI=1S/C7H7N5S/c1-2-6(4-8-3-1)5-13-7-9-11-12-10-7/h1-4H,5H2,(H,9,10,11,12). The summed E-state index contributed by atoms with van der Waals surface area (Å²) in [6.45, 7) is 0. The molecule has 0 aliphatic rings. The summed E-state index contributed by atoms with van der Waals surface area (Å²) in [5, 5.41) is 14.1. The van der Waals surface area contributed by atoms with Crippen molar-refractivity contribution in [2.24, 2.45) is 0 Å². The van der Waals surface area contributed by atoms with Gasteiger partial charge in [-0.1, -0.05) is 17.8 Å². The van der Waals surface area contributed by atoms with Gasteiger partial charge in [-0.05, 0) is 22.1 Å². The number of hydrogen-bond acceptors (Lipinski definition) is 5. The number of nitrogens with one attached hydrogen (secondary N) is 1. The molecule has 2 heterocycles. The van der Waals surface area contributed by atoms with Crippen LogP contribution in [0.1, 0.15) is 5.56 Å². The van der Waals surface area contributed by atoms with E-state index in [-0.39, 0.29) is 0 Å². The maximum Gasteiger partial charge on any atom is 0.207 e. The lowest BCUT2D eigenvalue weighted by Gasteiger charge is -1.95. The van der Waals surface area contributed by atoms with Gasteiger partial charge in [-0.25, -0.2) is 5.10 Å². The molecule has 6 heteroatoms. The van der Waals surface area contributed by atoms with E-state index in [0.29, 0.717) is 0 Å². The van der Waals surface area contributed by atoms with Gasteiger partial charge < -0.3 is 0 Å². The molecule has 2 rings (SSSR count). The van der Waals surface area contributed by atoms with E-state index in [1.807, 2.05) is 18.3 Å². The third-order valence-corrected chi connectivity index (χ3v) is 2.35. The summed E-state index contributed by atoms with van der Waals surface area (Å²) in [6.07, 6.45) is 3.58. The number of tetrazole rings is 1. The van der Waals surface area contributed by atoms with Crippen molar-refractivity contribution in [3.8, 4) is 0 Å². The van der Waals surface area contributed by atoms with Gasteiger partial charge in [0.2, 0.25) is 5.16 Å². The van der Waals surface area contributed by atoms with Crippen molar-refractivity contribution < 1.29 is 0 Å². The van der Waals surface area contributed by atoms with E-state index in [9.17, 15) is 0 Å². The Morgan fingerprint density at radius 2 is 2.46 bits per heavy atom. The molecule has 0 aliphatic carbocycles. The molecule has 0 saturated carbocycles. The molecular weight excluding hydrogens is 186 g/mol. The van der Waals surface area contributed by atoms with Gasteiger partial charge in [0, 0.05) is 18.1 Å². The largest absolute Gasteiger partial charge is 0.264 e. The first-order valence-corrected chi connectivity index (χ1v) is 4.69. The summed E-state index contributed by atoms with van der Waals surface area (Å²) in [5.74, 6) is 0.824. The van der Waals surface area contributed by atoms with Gasteiger partial charge in [0.15, 0.2) is 0 Å². The average Bonchev–Trinajstić information content (AvgIpc) is 2.69. The number of nitrogens with zero attached hydrogens (tertiary/aromatic N) is 4. The highest BCUT2D eigenvalue weighted by atomic mass is 32.2. The van der Waals surface area contributed by atoms with Gasteiger partial charge in [0.1, 0.15) is 0 Å². The first-order chi connectivity index (χ1) is 6.45. The van der Waals surface area contributed by atoms with Crippen molar-refractivity contribution in [2.45, 2.75) is 10.9 Å². The summed E-state index contributed by atoms with van der Waals surface area (Å²) < 4.78 is 0. The van der Waals surface area contributed by atoms with Crippen LogP contribution >= 0.6 is 11.8 Å². The molecule has 0 saturated heterocycles. The van der Waals surface area contributed by atoms with Crippen molar-refractivity contribution in [1.29, 1.82) is 0 Å². The van der Waals surface area contributed by atoms with Crippen LogP contribution in [0.15, 0.2) is 29.7 Å². The molecule has 0 aliphatic heterocycles. The zero-order chi connectivity index (χ0) is 8.93. The Labute approximate surface area is 79.0 Å². The molecule has 5 nitrogen and oxygen atoms in total. The molecule has 66 valence electrons. The fraction of sp³-hybridized carbons (Fsp3) is 0.143. The zero-order valence-corrected chi connectivity index (χ0v) is 7.53. The summed E-state index contributed by atoms with van der Waals surface area (Å²) in [6, 6.07) is 3.93. The minimum atomic E-state index is 0.726. The van der Waals surface area contributed by atoms with E-state index in [4.69, 9.17) is 0 Å². The second kappa shape index (κ2) is 3.99. The maximum absolute atomic E-state index is 4.01. The average molecular weight is 193 g/mol. The van der Waals surface area contributed by atoms with Gasteiger partial charge in [-0.3, -0.25) is 4.98 Å². The normalized spacial score (nSPS) is 10.2.